The third-order valence-corrected chi connectivity index (χ3v) is 4.32. The molecule has 1 heterocycles. The predicted molar refractivity (Wildman–Crippen MR) is 86.9 cm³/mol. The molecule has 1 aromatic rings. The van der Waals surface area contributed by atoms with Crippen molar-refractivity contribution in [2.45, 2.75) is 45.4 Å². The Hall–Kier alpha value is -1.29. The van der Waals surface area contributed by atoms with Crippen LogP contribution in [0.25, 0.3) is 0 Å². The first kappa shape index (κ1) is 16.1. The van der Waals surface area contributed by atoms with Gasteiger partial charge >= 0.3 is 0 Å². The lowest BCUT2D eigenvalue weighted by atomic mass is 9.87. The first-order valence-electron chi connectivity index (χ1n) is 7.88. The fraction of sp³-hybridized carbons (Fsp3) is 0.625. The molecule has 0 unspecified atom stereocenters. The highest BCUT2D eigenvalue weighted by Gasteiger charge is 2.15. The highest BCUT2D eigenvalue weighted by atomic mass is 35.5. The molecule has 5 heteroatoms. The Bertz CT molecular complexity index is 473. The van der Waals surface area contributed by atoms with E-state index in [0.717, 1.165) is 25.4 Å². The van der Waals surface area contributed by atoms with E-state index in [1.165, 1.54) is 38.3 Å². The lowest BCUT2D eigenvalue weighted by Gasteiger charge is -2.21. The van der Waals surface area contributed by atoms with Crippen molar-refractivity contribution in [3.05, 3.63) is 22.8 Å². The van der Waals surface area contributed by atoms with Crippen LogP contribution in [0.3, 0.4) is 0 Å². The molecule has 1 aliphatic rings. The van der Waals surface area contributed by atoms with Crippen LogP contribution in [0.15, 0.2) is 12.3 Å². The molecular formula is C16H24ClN3O. The van der Waals surface area contributed by atoms with E-state index in [-0.39, 0.29) is 5.91 Å². The summed E-state index contributed by atoms with van der Waals surface area (Å²) in [5.41, 5.74) is 0.492. The minimum atomic E-state index is -0.114. The van der Waals surface area contributed by atoms with Crippen molar-refractivity contribution in [2.24, 2.45) is 5.92 Å². The van der Waals surface area contributed by atoms with Crippen LogP contribution in [0.1, 0.15) is 55.8 Å². The molecule has 1 aliphatic carbocycles. The second-order valence-corrected chi connectivity index (χ2v) is 6.04. The maximum absolute atomic E-state index is 12.2. The number of rotatable bonds is 6. The molecule has 0 aromatic carbocycles. The first-order valence-corrected chi connectivity index (χ1v) is 8.26. The summed E-state index contributed by atoms with van der Waals surface area (Å²) in [5.74, 6) is 1.33. The number of carbonyl (C=O) groups is 1. The zero-order valence-corrected chi connectivity index (χ0v) is 13.4. The van der Waals surface area contributed by atoms with Crippen molar-refractivity contribution in [3.63, 3.8) is 0 Å². The molecule has 116 valence electrons. The Balaban J connectivity index is 1.85. The molecule has 2 N–H and O–H groups in total. The van der Waals surface area contributed by atoms with Gasteiger partial charge < -0.3 is 10.6 Å². The standard InChI is InChI=1S/C16H24ClN3O/c1-2-18-15-10-13(14(17)11-20-15)16(21)19-9-8-12-6-4-3-5-7-12/h10-12H,2-9H2,1H3,(H,18,20)(H,19,21). The van der Waals surface area contributed by atoms with E-state index in [9.17, 15) is 4.79 Å². The zero-order valence-electron chi connectivity index (χ0n) is 12.6. The number of halogens is 1. The normalized spacial score (nSPS) is 15.7. The number of anilines is 1. The molecular weight excluding hydrogens is 286 g/mol. The Kier molecular flexibility index (Phi) is 6.30. The minimum Gasteiger partial charge on any atom is -0.370 e. The molecule has 1 saturated carbocycles. The summed E-state index contributed by atoms with van der Waals surface area (Å²) in [7, 11) is 0. The average molecular weight is 310 g/mol. The topological polar surface area (TPSA) is 54.0 Å². The molecule has 0 bridgehead atoms. The second kappa shape index (κ2) is 8.23. The molecule has 1 aromatic heterocycles. The summed E-state index contributed by atoms with van der Waals surface area (Å²) in [4.78, 5) is 16.4. The highest BCUT2D eigenvalue weighted by Crippen LogP contribution is 2.25. The lowest BCUT2D eigenvalue weighted by molar-refractivity contribution is 0.0950. The van der Waals surface area contributed by atoms with Gasteiger partial charge in [0.15, 0.2) is 0 Å². The van der Waals surface area contributed by atoms with Crippen LogP contribution in [0, 0.1) is 5.92 Å². The van der Waals surface area contributed by atoms with Crippen LogP contribution in [0.2, 0.25) is 5.02 Å². The van der Waals surface area contributed by atoms with Crippen molar-refractivity contribution in [1.82, 2.24) is 10.3 Å². The third-order valence-electron chi connectivity index (χ3n) is 4.02. The summed E-state index contributed by atoms with van der Waals surface area (Å²) in [6.07, 6.45) is 9.22. The van der Waals surface area contributed by atoms with Gasteiger partial charge in [-0.15, -0.1) is 0 Å². The zero-order chi connectivity index (χ0) is 15.1. The highest BCUT2D eigenvalue weighted by molar-refractivity contribution is 6.33. The van der Waals surface area contributed by atoms with E-state index >= 15 is 0 Å². The summed E-state index contributed by atoms with van der Waals surface area (Å²) in [5, 5.41) is 6.46. The van der Waals surface area contributed by atoms with E-state index in [4.69, 9.17) is 11.6 Å². The van der Waals surface area contributed by atoms with Gasteiger partial charge in [0, 0.05) is 19.3 Å². The second-order valence-electron chi connectivity index (χ2n) is 5.63. The maximum Gasteiger partial charge on any atom is 0.252 e. The van der Waals surface area contributed by atoms with Crippen LogP contribution in [0.5, 0.6) is 0 Å². The van der Waals surface area contributed by atoms with Gasteiger partial charge in [0.2, 0.25) is 0 Å². The quantitative estimate of drug-likeness (QED) is 0.838. The fourth-order valence-corrected chi connectivity index (χ4v) is 3.04. The summed E-state index contributed by atoms with van der Waals surface area (Å²) in [6, 6.07) is 1.71. The van der Waals surface area contributed by atoms with Gasteiger partial charge in [-0.2, -0.15) is 0 Å². The van der Waals surface area contributed by atoms with Gasteiger partial charge in [-0.25, -0.2) is 4.98 Å². The number of hydrogen-bond acceptors (Lipinski definition) is 3. The first-order chi connectivity index (χ1) is 10.2. The molecule has 0 atom stereocenters. The molecule has 2 rings (SSSR count). The van der Waals surface area contributed by atoms with Crippen molar-refractivity contribution in [1.29, 1.82) is 0 Å². The fourth-order valence-electron chi connectivity index (χ4n) is 2.85. The lowest BCUT2D eigenvalue weighted by Crippen LogP contribution is -2.27. The Labute approximate surface area is 131 Å². The molecule has 0 radical (unpaired) electrons. The van der Waals surface area contributed by atoms with Gasteiger partial charge in [-0.3, -0.25) is 4.79 Å². The largest absolute Gasteiger partial charge is 0.370 e. The third kappa shape index (κ3) is 4.88. The van der Waals surface area contributed by atoms with Gasteiger partial charge in [0.1, 0.15) is 5.82 Å². The number of amides is 1. The van der Waals surface area contributed by atoms with Gasteiger partial charge in [-0.1, -0.05) is 43.7 Å². The summed E-state index contributed by atoms with van der Waals surface area (Å²) < 4.78 is 0. The number of pyridine rings is 1. The van der Waals surface area contributed by atoms with E-state index in [2.05, 4.69) is 15.6 Å². The number of hydrogen-bond donors (Lipinski definition) is 2. The van der Waals surface area contributed by atoms with Crippen molar-refractivity contribution in [2.75, 3.05) is 18.4 Å². The van der Waals surface area contributed by atoms with E-state index in [0.29, 0.717) is 16.4 Å². The number of nitrogens with zero attached hydrogens (tertiary/aromatic N) is 1. The predicted octanol–water partition coefficient (Wildman–Crippen LogP) is 3.87. The molecule has 21 heavy (non-hydrogen) atoms. The number of aromatic nitrogens is 1. The molecule has 1 amide bonds. The van der Waals surface area contributed by atoms with Crippen LogP contribution in [-0.4, -0.2) is 24.0 Å². The minimum absolute atomic E-state index is 0.114. The molecule has 0 saturated heterocycles. The molecule has 4 nitrogen and oxygen atoms in total. The van der Waals surface area contributed by atoms with Gasteiger partial charge in [0.05, 0.1) is 10.6 Å². The van der Waals surface area contributed by atoms with Crippen LogP contribution >= 0.6 is 11.6 Å². The van der Waals surface area contributed by atoms with Crippen LogP contribution in [0.4, 0.5) is 5.82 Å². The van der Waals surface area contributed by atoms with Crippen molar-refractivity contribution in [3.8, 4) is 0 Å². The number of carbonyl (C=O) groups excluding carboxylic acids is 1. The van der Waals surface area contributed by atoms with Gasteiger partial charge in [0.25, 0.3) is 5.91 Å². The Morgan fingerprint density at radius 3 is 2.86 bits per heavy atom. The van der Waals surface area contributed by atoms with Gasteiger partial charge in [-0.05, 0) is 25.3 Å². The maximum atomic E-state index is 12.2. The van der Waals surface area contributed by atoms with Crippen LogP contribution in [-0.2, 0) is 0 Å². The van der Waals surface area contributed by atoms with Crippen molar-refractivity contribution < 1.29 is 4.79 Å². The Morgan fingerprint density at radius 2 is 2.14 bits per heavy atom. The monoisotopic (exact) mass is 309 g/mol. The van der Waals surface area contributed by atoms with E-state index < -0.39 is 0 Å². The van der Waals surface area contributed by atoms with E-state index in [1.807, 2.05) is 6.92 Å². The summed E-state index contributed by atoms with van der Waals surface area (Å²) >= 11 is 6.07. The molecule has 0 spiro atoms. The Morgan fingerprint density at radius 1 is 1.38 bits per heavy atom. The van der Waals surface area contributed by atoms with Crippen LogP contribution < -0.4 is 10.6 Å². The smallest absolute Gasteiger partial charge is 0.252 e. The average Bonchev–Trinajstić information content (AvgIpc) is 2.50. The SMILES string of the molecule is CCNc1cc(C(=O)NCCC2CCCCC2)c(Cl)cn1. The summed E-state index contributed by atoms with van der Waals surface area (Å²) in [6.45, 7) is 3.47. The number of nitrogens with one attached hydrogen (secondary N) is 2. The van der Waals surface area contributed by atoms with Crippen molar-refractivity contribution >= 4 is 23.3 Å². The molecule has 1 fully saturated rings. The molecule has 0 aliphatic heterocycles. The van der Waals surface area contributed by atoms with E-state index in [1.54, 1.807) is 6.07 Å².